The minimum Gasteiger partial charge on any atom is -0.465 e. The van der Waals surface area contributed by atoms with Crippen molar-refractivity contribution in [3.05, 3.63) is 46.2 Å². The predicted molar refractivity (Wildman–Crippen MR) is 91.6 cm³/mol. The fraction of sp³-hybridized carbons (Fsp3) is 0.353. The summed E-state index contributed by atoms with van der Waals surface area (Å²) in [5.41, 5.74) is 2.08. The van der Waals surface area contributed by atoms with Gasteiger partial charge in [0.1, 0.15) is 16.9 Å². The van der Waals surface area contributed by atoms with Gasteiger partial charge in [-0.1, -0.05) is 6.92 Å². The molecule has 0 radical (unpaired) electrons. The second-order valence-corrected chi connectivity index (χ2v) is 6.90. The first-order chi connectivity index (χ1) is 11.2. The van der Waals surface area contributed by atoms with Crippen LogP contribution in [-0.4, -0.2) is 30.1 Å². The molecule has 2 N–H and O–H groups in total. The molecule has 0 spiro atoms. The SMILES string of the molecule is CCN1CCc2c(sc3c2C(=O)NC(/C=C/c2ccco2)N3)C1. The van der Waals surface area contributed by atoms with Crippen LogP contribution in [0.15, 0.2) is 28.9 Å². The zero-order chi connectivity index (χ0) is 15.8. The molecule has 0 saturated carbocycles. The third kappa shape index (κ3) is 2.68. The van der Waals surface area contributed by atoms with Crippen molar-refractivity contribution in [1.29, 1.82) is 0 Å². The van der Waals surface area contributed by atoms with Gasteiger partial charge in [0.2, 0.25) is 0 Å². The lowest BCUT2D eigenvalue weighted by molar-refractivity contribution is 0.0942. The summed E-state index contributed by atoms with van der Waals surface area (Å²) in [6.45, 7) is 5.21. The molecule has 1 unspecified atom stereocenters. The van der Waals surface area contributed by atoms with Gasteiger partial charge < -0.3 is 15.1 Å². The summed E-state index contributed by atoms with van der Waals surface area (Å²) in [7, 11) is 0. The standard InChI is InChI=1S/C17H19N3O2S/c1-2-20-8-7-12-13(10-20)23-17-15(12)16(21)18-14(19-17)6-5-11-4-3-9-22-11/h3-6,9,14,19H,2,7-8,10H2,1H3,(H,18,21)/b6-5+. The Balaban J connectivity index is 1.58. The number of hydrogen-bond acceptors (Lipinski definition) is 5. The normalized spacial score (nSPS) is 20.9. The van der Waals surface area contributed by atoms with Crippen LogP contribution in [0.25, 0.3) is 6.08 Å². The highest BCUT2D eigenvalue weighted by atomic mass is 32.1. The highest BCUT2D eigenvalue weighted by Crippen LogP contribution is 2.38. The van der Waals surface area contributed by atoms with Crippen molar-refractivity contribution in [3.63, 3.8) is 0 Å². The zero-order valence-electron chi connectivity index (χ0n) is 13.0. The monoisotopic (exact) mass is 329 g/mol. The molecule has 0 aliphatic carbocycles. The zero-order valence-corrected chi connectivity index (χ0v) is 13.8. The van der Waals surface area contributed by atoms with Gasteiger partial charge in [0.05, 0.1) is 11.8 Å². The van der Waals surface area contributed by atoms with Crippen molar-refractivity contribution in [3.8, 4) is 0 Å². The first kappa shape index (κ1) is 14.5. The Labute approximate surface area is 139 Å². The van der Waals surface area contributed by atoms with Gasteiger partial charge in [0.15, 0.2) is 0 Å². The third-order valence-corrected chi connectivity index (χ3v) is 5.53. The number of nitrogens with zero attached hydrogens (tertiary/aromatic N) is 1. The van der Waals surface area contributed by atoms with Crippen molar-refractivity contribution in [2.24, 2.45) is 0 Å². The minimum atomic E-state index is -0.206. The highest BCUT2D eigenvalue weighted by molar-refractivity contribution is 7.16. The Morgan fingerprint density at radius 2 is 2.39 bits per heavy atom. The van der Waals surface area contributed by atoms with Crippen molar-refractivity contribution in [2.45, 2.75) is 26.1 Å². The number of thiophene rings is 1. The number of furan rings is 1. The molecule has 23 heavy (non-hydrogen) atoms. The average molecular weight is 329 g/mol. The summed E-state index contributed by atoms with van der Waals surface area (Å²) < 4.78 is 5.28. The molecule has 2 aliphatic rings. The van der Waals surface area contributed by atoms with Gasteiger partial charge in [-0.25, -0.2) is 0 Å². The largest absolute Gasteiger partial charge is 0.465 e. The maximum Gasteiger partial charge on any atom is 0.256 e. The van der Waals surface area contributed by atoms with E-state index in [1.165, 1.54) is 10.4 Å². The molecule has 0 fully saturated rings. The van der Waals surface area contributed by atoms with E-state index in [1.54, 1.807) is 17.6 Å². The van der Waals surface area contributed by atoms with E-state index >= 15 is 0 Å². The Morgan fingerprint density at radius 1 is 1.48 bits per heavy atom. The van der Waals surface area contributed by atoms with Crippen LogP contribution in [0.4, 0.5) is 5.00 Å². The summed E-state index contributed by atoms with van der Waals surface area (Å²) >= 11 is 1.72. The number of carbonyl (C=O) groups excluding carboxylic acids is 1. The van der Waals surface area contributed by atoms with Gasteiger partial charge in [-0.15, -0.1) is 11.3 Å². The van der Waals surface area contributed by atoms with Crippen LogP contribution in [0.1, 0.15) is 33.5 Å². The quantitative estimate of drug-likeness (QED) is 0.909. The molecule has 4 heterocycles. The van der Waals surface area contributed by atoms with Crippen LogP contribution in [0, 0.1) is 0 Å². The molecule has 0 aromatic carbocycles. The number of carbonyl (C=O) groups is 1. The van der Waals surface area contributed by atoms with E-state index in [4.69, 9.17) is 4.42 Å². The van der Waals surface area contributed by atoms with Gasteiger partial charge >= 0.3 is 0 Å². The number of amides is 1. The third-order valence-electron chi connectivity index (χ3n) is 4.38. The number of fused-ring (bicyclic) bond motifs is 3. The van der Waals surface area contributed by atoms with Crippen LogP contribution in [0.2, 0.25) is 0 Å². The summed E-state index contributed by atoms with van der Waals surface area (Å²) in [6.07, 6.45) is 6.17. The molecule has 0 bridgehead atoms. The Morgan fingerprint density at radius 3 is 3.17 bits per heavy atom. The lowest BCUT2D eigenvalue weighted by atomic mass is 10.0. The number of likely N-dealkylation sites (N-methyl/N-ethyl adjacent to an activating group) is 1. The van der Waals surface area contributed by atoms with E-state index < -0.39 is 0 Å². The fourth-order valence-electron chi connectivity index (χ4n) is 3.13. The van der Waals surface area contributed by atoms with E-state index in [0.29, 0.717) is 0 Å². The van der Waals surface area contributed by atoms with Crippen LogP contribution < -0.4 is 10.6 Å². The van der Waals surface area contributed by atoms with Gasteiger partial charge in [-0.3, -0.25) is 9.69 Å². The van der Waals surface area contributed by atoms with E-state index in [1.807, 2.05) is 24.3 Å². The molecule has 2 aromatic rings. The smallest absolute Gasteiger partial charge is 0.256 e. The van der Waals surface area contributed by atoms with Crippen molar-refractivity contribution < 1.29 is 9.21 Å². The molecule has 1 atom stereocenters. The fourth-order valence-corrected chi connectivity index (χ4v) is 4.46. The molecule has 6 heteroatoms. The number of nitrogens with one attached hydrogen (secondary N) is 2. The lowest BCUT2D eigenvalue weighted by Crippen LogP contribution is -2.43. The number of rotatable bonds is 3. The Bertz CT molecular complexity index is 748. The lowest BCUT2D eigenvalue weighted by Gasteiger charge is -2.26. The van der Waals surface area contributed by atoms with E-state index in [9.17, 15) is 4.79 Å². The van der Waals surface area contributed by atoms with Gasteiger partial charge in [0, 0.05) is 18.0 Å². The highest BCUT2D eigenvalue weighted by Gasteiger charge is 2.31. The summed E-state index contributed by atoms with van der Waals surface area (Å²) in [4.78, 5) is 16.3. The Hall–Kier alpha value is -2.05. The van der Waals surface area contributed by atoms with Crippen LogP contribution in [0.5, 0.6) is 0 Å². The van der Waals surface area contributed by atoms with Crippen LogP contribution in [-0.2, 0) is 13.0 Å². The average Bonchev–Trinajstić information content (AvgIpc) is 3.19. The van der Waals surface area contributed by atoms with Gasteiger partial charge in [-0.05, 0) is 42.8 Å². The van der Waals surface area contributed by atoms with Crippen molar-refractivity contribution in [2.75, 3.05) is 18.4 Å². The van der Waals surface area contributed by atoms with Crippen molar-refractivity contribution >= 4 is 28.3 Å². The molecule has 4 rings (SSSR count). The van der Waals surface area contributed by atoms with Crippen molar-refractivity contribution in [1.82, 2.24) is 10.2 Å². The second kappa shape index (κ2) is 5.86. The number of anilines is 1. The summed E-state index contributed by atoms with van der Waals surface area (Å²) in [5.74, 6) is 0.797. The number of hydrogen-bond donors (Lipinski definition) is 2. The van der Waals surface area contributed by atoms with Crippen LogP contribution >= 0.6 is 11.3 Å². The van der Waals surface area contributed by atoms with Crippen LogP contribution in [0.3, 0.4) is 0 Å². The predicted octanol–water partition coefficient (Wildman–Crippen LogP) is 2.91. The molecule has 5 nitrogen and oxygen atoms in total. The second-order valence-electron chi connectivity index (χ2n) is 5.80. The van der Waals surface area contributed by atoms with E-state index in [0.717, 1.165) is 42.4 Å². The topological polar surface area (TPSA) is 57.5 Å². The molecule has 1 amide bonds. The van der Waals surface area contributed by atoms with Gasteiger partial charge in [-0.2, -0.15) is 0 Å². The molecular weight excluding hydrogens is 310 g/mol. The maximum absolute atomic E-state index is 12.5. The Kier molecular flexibility index (Phi) is 3.71. The van der Waals surface area contributed by atoms with E-state index in [-0.39, 0.29) is 12.1 Å². The first-order valence-corrected chi connectivity index (χ1v) is 8.72. The summed E-state index contributed by atoms with van der Waals surface area (Å²) in [6, 6.07) is 3.73. The maximum atomic E-state index is 12.5. The molecule has 120 valence electrons. The molecular formula is C17H19N3O2S. The molecule has 2 aromatic heterocycles. The van der Waals surface area contributed by atoms with Gasteiger partial charge in [0.25, 0.3) is 5.91 Å². The molecule has 0 saturated heterocycles. The first-order valence-electron chi connectivity index (χ1n) is 7.90. The van der Waals surface area contributed by atoms with E-state index in [2.05, 4.69) is 22.5 Å². The minimum absolute atomic E-state index is 0.0234. The molecule has 2 aliphatic heterocycles. The summed E-state index contributed by atoms with van der Waals surface area (Å²) in [5, 5.41) is 7.42.